The highest BCUT2D eigenvalue weighted by molar-refractivity contribution is 7.18. The van der Waals surface area contributed by atoms with Gasteiger partial charge in [0.05, 0.1) is 11.7 Å². The molecular formula is C17H18N4O2S2. The molecule has 1 aliphatic heterocycles. The van der Waals surface area contributed by atoms with E-state index in [9.17, 15) is 9.59 Å². The summed E-state index contributed by atoms with van der Waals surface area (Å²) in [5.41, 5.74) is 0.760. The minimum atomic E-state index is -0.147. The fourth-order valence-corrected chi connectivity index (χ4v) is 4.86. The van der Waals surface area contributed by atoms with Crippen LogP contribution >= 0.6 is 22.7 Å². The maximum Gasteiger partial charge on any atom is 0.263 e. The van der Waals surface area contributed by atoms with Gasteiger partial charge in [-0.25, -0.2) is 4.98 Å². The van der Waals surface area contributed by atoms with Crippen LogP contribution in [-0.2, 0) is 11.3 Å². The lowest BCUT2D eigenvalue weighted by Gasteiger charge is -2.34. The van der Waals surface area contributed by atoms with Crippen LogP contribution in [0.15, 0.2) is 34.0 Å². The summed E-state index contributed by atoms with van der Waals surface area (Å²) in [7, 11) is 0. The van der Waals surface area contributed by atoms with Crippen molar-refractivity contribution in [3.05, 3.63) is 39.6 Å². The number of piperazine rings is 1. The van der Waals surface area contributed by atoms with E-state index in [-0.39, 0.29) is 24.1 Å². The van der Waals surface area contributed by atoms with Crippen LogP contribution < -0.4 is 10.9 Å². The van der Waals surface area contributed by atoms with Crippen molar-refractivity contribution in [2.45, 2.75) is 19.5 Å². The molecule has 0 aromatic carbocycles. The molecule has 130 valence electrons. The Bertz CT molecular complexity index is 961. The van der Waals surface area contributed by atoms with Crippen molar-refractivity contribution in [1.82, 2.24) is 19.8 Å². The molecule has 0 saturated carbocycles. The van der Waals surface area contributed by atoms with Crippen LogP contribution in [0.2, 0.25) is 0 Å². The lowest BCUT2D eigenvalue weighted by Crippen LogP contribution is -2.53. The normalized spacial score (nSPS) is 18.0. The second-order valence-electron chi connectivity index (χ2n) is 6.12. The van der Waals surface area contributed by atoms with Crippen molar-refractivity contribution in [2.24, 2.45) is 0 Å². The third-order valence-corrected chi connectivity index (χ3v) is 6.26. The minimum absolute atomic E-state index is 0.0336. The highest BCUT2D eigenvalue weighted by atomic mass is 32.1. The Morgan fingerprint density at radius 3 is 3.08 bits per heavy atom. The number of fused-ring (bicyclic) bond motifs is 1. The number of amides is 1. The summed E-state index contributed by atoms with van der Waals surface area (Å²) in [5.74, 6) is -0.0369. The highest BCUT2D eigenvalue weighted by Crippen LogP contribution is 2.33. The number of aromatic nitrogens is 2. The molecule has 1 fully saturated rings. The zero-order valence-corrected chi connectivity index (χ0v) is 15.4. The topological polar surface area (TPSA) is 67.2 Å². The van der Waals surface area contributed by atoms with Crippen LogP contribution in [0.5, 0.6) is 0 Å². The maximum absolute atomic E-state index is 13.0. The molecule has 0 bridgehead atoms. The van der Waals surface area contributed by atoms with E-state index in [1.54, 1.807) is 11.3 Å². The molecule has 6 nitrogen and oxygen atoms in total. The molecule has 0 radical (unpaired) electrons. The van der Waals surface area contributed by atoms with Gasteiger partial charge in [0.1, 0.15) is 11.4 Å². The summed E-state index contributed by atoms with van der Waals surface area (Å²) in [6.07, 6.45) is 1.49. The molecular weight excluding hydrogens is 356 g/mol. The van der Waals surface area contributed by atoms with Crippen LogP contribution in [0.1, 0.15) is 6.92 Å². The number of hydrogen-bond donors (Lipinski definition) is 1. The van der Waals surface area contributed by atoms with Crippen molar-refractivity contribution in [1.29, 1.82) is 0 Å². The van der Waals surface area contributed by atoms with E-state index >= 15 is 0 Å². The Kier molecular flexibility index (Phi) is 4.41. The van der Waals surface area contributed by atoms with Crippen LogP contribution in [-0.4, -0.2) is 46.0 Å². The molecule has 3 aromatic heterocycles. The van der Waals surface area contributed by atoms with E-state index in [0.717, 1.165) is 23.5 Å². The second-order valence-corrected chi connectivity index (χ2v) is 7.93. The van der Waals surface area contributed by atoms with Crippen molar-refractivity contribution in [3.63, 3.8) is 0 Å². The SMILES string of the molecule is C[C@@H]1CNCCN1C(=O)Cn1cnc2scc(-c3cccs3)c2c1=O. The van der Waals surface area contributed by atoms with Gasteiger partial charge in [0.25, 0.3) is 5.56 Å². The first-order chi connectivity index (χ1) is 12.1. The Balaban J connectivity index is 1.69. The molecule has 0 aliphatic carbocycles. The summed E-state index contributed by atoms with van der Waals surface area (Å²) in [5, 5.41) is 7.83. The molecule has 8 heteroatoms. The molecule has 1 saturated heterocycles. The number of rotatable bonds is 3. The second kappa shape index (κ2) is 6.70. The van der Waals surface area contributed by atoms with E-state index in [4.69, 9.17) is 0 Å². The van der Waals surface area contributed by atoms with E-state index in [2.05, 4.69) is 10.3 Å². The Labute approximate surface area is 152 Å². The lowest BCUT2D eigenvalue weighted by atomic mass is 10.2. The highest BCUT2D eigenvalue weighted by Gasteiger charge is 2.24. The number of thiophene rings is 2. The van der Waals surface area contributed by atoms with E-state index in [1.165, 1.54) is 22.2 Å². The van der Waals surface area contributed by atoms with Gasteiger partial charge in [-0.2, -0.15) is 0 Å². The van der Waals surface area contributed by atoms with Gasteiger partial charge in [-0.3, -0.25) is 14.2 Å². The van der Waals surface area contributed by atoms with Crippen molar-refractivity contribution < 1.29 is 4.79 Å². The number of hydrogen-bond acceptors (Lipinski definition) is 6. The molecule has 4 heterocycles. The molecule has 3 aromatic rings. The Hall–Kier alpha value is -2.03. The predicted octanol–water partition coefficient (Wildman–Crippen LogP) is 2.01. The first kappa shape index (κ1) is 16.4. The quantitative estimate of drug-likeness (QED) is 0.762. The molecule has 0 spiro atoms. The van der Waals surface area contributed by atoms with Gasteiger partial charge in [-0.05, 0) is 18.4 Å². The Morgan fingerprint density at radius 2 is 2.32 bits per heavy atom. The number of nitrogens with one attached hydrogen (secondary N) is 1. The molecule has 1 atom stereocenters. The summed E-state index contributed by atoms with van der Waals surface area (Å²) >= 11 is 3.06. The smallest absolute Gasteiger partial charge is 0.263 e. The molecule has 1 amide bonds. The number of carbonyl (C=O) groups is 1. The zero-order chi connectivity index (χ0) is 17.4. The summed E-state index contributed by atoms with van der Waals surface area (Å²) < 4.78 is 1.43. The van der Waals surface area contributed by atoms with Gasteiger partial charge < -0.3 is 10.2 Å². The van der Waals surface area contributed by atoms with Crippen LogP contribution in [0.4, 0.5) is 0 Å². The monoisotopic (exact) mass is 374 g/mol. The van der Waals surface area contributed by atoms with E-state index in [1.807, 2.05) is 34.7 Å². The average Bonchev–Trinajstić information content (AvgIpc) is 3.27. The third kappa shape index (κ3) is 3.01. The summed E-state index contributed by atoms with van der Waals surface area (Å²) in [6.45, 7) is 4.29. The van der Waals surface area contributed by atoms with Crippen molar-refractivity contribution in [2.75, 3.05) is 19.6 Å². The maximum atomic E-state index is 13.0. The van der Waals surface area contributed by atoms with Gasteiger partial charge in [-0.1, -0.05) is 6.07 Å². The zero-order valence-electron chi connectivity index (χ0n) is 13.8. The van der Waals surface area contributed by atoms with Crippen LogP contribution in [0, 0.1) is 0 Å². The van der Waals surface area contributed by atoms with Gasteiger partial charge in [-0.15, -0.1) is 22.7 Å². The van der Waals surface area contributed by atoms with Gasteiger partial charge in [0, 0.05) is 41.5 Å². The van der Waals surface area contributed by atoms with Crippen molar-refractivity contribution >= 4 is 38.8 Å². The van der Waals surface area contributed by atoms with Gasteiger partial charge in [0.15, 0.2) is 0 Å². The first-order valence-corrected chi connectivity index (χ1v) is 9.92. The lowest BCUT2D eigenvalue weighted by molar-refractivity contribution is -0.134. The molecule has 25 heavy (non-hydrogen) atoms. The molecule has 1 N–H and O–H groups in total. The molecule has 1 aliphatic rings. The summed E-state index contributed by atoms with van der Waals surface area (Å²) in [4.78, 5) is 33.6. The molecule has 0 unspecified atom stereocenters. The minimum Gasteiger partial charge on any atom is -0.336 e. The fraction of sp³-hybridized carbons (Fsp3) is 0.353. The van der Waals surface area contributed by atoms with Crippen molar-refractivity contribution in [3.8, 4) is 10.4 Å². The standard InChI is InChI=1S/C17H18N4O2S2/c1-11-7-18-4-5-21(11)14(22)8-20-10-19-16-15(17(20)23)12(9-25-16)13-3-2-6-24-13/h2-3,6,9-11,18H,4-5,7-8H2,1H3/t11-/m1/s1. The van der Waals surface area contributed by atoms with Crippen LogP contribution in [0.3, 0.4) is 0 Å². The van der Waals surface area contributed by atoms with Gasteiger partial charge >= 0.3 is 0 Å². The third-order valence-electron chi connectivity index (χ3n) is 4.47. The molecule has 4 rings (SSSR count). The first-order valence-electron chi connectivity index (χ1n) is 8.16. The number of carbonyl (C=O) groups excluding carboxylic acids is 1. The largest absolute Gasteiger partial charge is 0.336 e. The fourth-order valence-electron chi connectivity index (χ4n) is 3.14. The number of nitrogens with zero attached hydrogens (tertiary/aromatic N) is 3. The summed E-state index contributed by atoms with van der Waals surface area (Å²) in [6, 6.07) is 4.10. The van der Waals surface area contributed by atoms with Crippen LogP contribution in [0.25, 0.3) is 20.7 Å². The van der Waals surface area contributed by atoms with E-state index < -0.39 is 0 Å². The van der Waals surface area contributed by atoms with E-state index in [0.29, 0.717) is 16.8 Å². The van der Waals surface area contributed by atoms with Gasteiger partial charge in [0.2, 0.25) is 5.91 Å². The predicted molar refractivity (Wildman–Crippen MR) is 101 cm³/mol. The Morgan fingerprint density at radius 1 is 1.44 bits per heavy atom. The average molecular weight is 374 g/mol.